The van der Waals surface area contributed by atoms with Crippen LogP contribution >= 0.6 is 0 Å². The fourth-order valence-corrected chi connectivity index (χ4v) is 7.73. The first-order valence-electron chi connectivity index (χ1n) is 17.4. The second kappa shape index (κ2) is 11.9. The summed E-state index contributed by atoms with van der Waals surface area (Å²) in [5.41, 5.74) is 14.2. The minimum Gasteiger partial charge on any atom is -0.316 e. The van der Waals surface area contributed by atoms with E-state index in [1.807, 2.05) is 0 Å². The Balaban J connectivity index is 1.26. The lowest BCUT2D eigenvalue weighted by Crippen LogP contribution is -1.91. The molecule has 240 valence electrons. The number of para-hydroxylation sites is 6. The van der Waals surface area contributed by atoms with Gasteiger partial charge in [-0.1, -0.05) is 109 Å². The zero-order valence-corrected chi connectivity index (χ0v) is 27.9. The molecule has 3 nitrogen and oxygen atoms in total. The summed E-state index contributed by atoms with van der Waals surface area (Å²) in [6.07, 6.45) is 6.93. The molecule has 3 aromatic heterocycles. The third-order valence-electron chi connectivity index (χ3n) is 10.1. The van der Waals surface area contributed by atoms with Crippen molar-refractivity contribution in [2.75, 3.05) is 0 Å². The highest BCUT2D eigenvalue weighted by Crippen LogP contribution is 2.42. The van der Waals surface area contributed by atoms with Crippen LogP contribution in [0.15, 0.2) is 201 Å². The van der Waals surface area contributed by atoms with E-state index in [9.17, 15) is 0 Å². The summed E-state index contributed by atoms with van der Waals surface area (Å²) < 4.78 is 6.96. The van der Waals surface area contributed by atoms with Gasteiger partial charge in [-0.15, -0.1) is 0 Å². The molecular formula is C48H33N3. The fourth-order valence-electron chi connectivity index (χ4n) is 7.73. The van der Waals surface area contributed by atoms with Gasteiger partial charge in [0, 0.05) is 68.5 Å². The Kier molecular flexibility index (Phi) is 6.81. The lowest BCUT2D eigenvalue weighted by atomic mass is 9.93. The molecule has 0 aliphatic carbocycles. The van der Waals surface area contributed by atoms with Crippen LogP contribution in [0, 0.1) is 0 Å². The van der Waals surface area contributed by atoms with Crippen molar-refractivity contribution in [1.29, 1.82) is 0 Å². The topological polar surface area (TPSA) is 14.8 Å². The van der Waals surface area contributed by atoms with Gasteiger partial charge in [0.25, 0.3) is 0 Å². The van der Waals surface area contributed by atoms with E-state index in [0.29, 0.717) is 0 Å². The standard InChI is InChI=1S/C48H33N3/c1-4-16-37(17-5-1)49-31-43(40-22-10-13-25-46(40)49)34-28-35(44-32-50(38-18-6-2-7-19-38)47-26-14-11-23-41(44)47)30-36(29-34)45-33-51(39-20-8-3-9-21-39)48-27-15-12-24-42(45)48/h1-33H. The second-order valence-corrected chi connectivity index (χ2v) is 13.1. The smallest absolute Gasteiger partial charge is 0.0534 e. The van der Waals surface area contributed by atoms with Crippen LogP contribution in [0.25, 0.3) is 83.2 Å². The zero-order chi connectivity index (χ0) is 33.7. The van der Waals surface area contributed by atoms with Gasteiger partial charge in [-0.3, -0.25) is 0 Å². The van der Waals surface area contributed by atoms with Crippen LogP contribution in [0.1, 0.15) is 0 Å². The Bertz CT molecular complexity index is 2510. The SMILES string of the molecule is c1ccc(-n2cc(-c3cc(-c4cn(-c5ccccc5)c5ccccc45)cc(-c4cn(-c5ccccc5)c5ccccc45)c3)c3ccccc32)cc1. The molecule has 0 atom stereocenters. The van der Waals surface area contributed by atoms with Gasteiger partial charge in [0.05, 0.1) is 16.6 Å². The first kappa shape index (κ1) is 29.1. The molecule has 7 aromatic carbocycles. The molecular weight excluding hydrogens is 619 g/mol. The normalized spacial score (nSPS) is 11.5. The number of hydrogen-bond acceptors (Lipinski definition) is 0. The number of nitrogens with zero attached hydrogens (tertiary/aromatic N) is 3. The van der Waals surface area contributed by atoms with E-state index < -0.39 is 0 Å². The van der Waals surface area contributed by atoms with Gasteiger partial charge in [0.15, 0.2) is 0 Å². The van der Waals surface area contributed by atoms with Gasteiger partial charge in [-0.05, 0) is 89.5 Å². The molecule has 0 saturated heterocycles. The Hall–Kier alpha value is -6.84. The summed E-state index contributed by atoms with van der Waals surface area (Å²) in [7, 11) is 0. The van der Waals surface area contributed by atoms with Crippen LogP contribution in [-0.4, -0.2) is 13.7 Å². The molecule has 0 amide bonds. The van der Waals surface area contributed by atoms with Crippen molar-refractivity contribution < 1.29 is 0 Å². The molecule has 3 heteroatoms. The molecule has 0 bridgehead atoms. The van der Waals surface area contributed by atoms with Crippen molar-refractivity contribution in [3.05, 3.63) is 201 Å². The molecule has 0 fully saturated rings. The largest absolute Gasteiger partial charge is 0.316 e. The molecule has 51 heavy (non-hydrogen) atoms. The maximum absolute atomic E-state index is 2.38. The number of rotatable bonds is 6. The zero-order valence-electron chi connectivity index (χ0n) is 27.9. The Morgan fingerprint density at radius 3 is 0.804 bits per heavy atom. The summed E-state index contributed by atoms with van der Waals surface area (Å²) >= 11 is 0. The summed E-state index contributed by atoms with van der Waals surface area (Å²) in [5.74, 6) is 0. The third-order valence-corrected chi connectivity index (χ3v) is 10.1. The van der Waals surface area contributed by atoms with Gasteiger partial charge in [0.1, 0.15) is 0 Å². The van der Waals surface area contributed by atoms with E-state index in [1.54, 1.807) is 0 Å². The molecule has 0 radical (unpaired) electrons. The van der Waals surface area contributed by atoms with Crippen LogP contribution in [0.2, 0.25) is 0 Å². The summed E-state index contributed by atoms with van der Waals surface area (Å²) in [5, 5.41) is 3.67. The highest BCUT2D eigenvalue weighted by molar-refractivity contribution is 6.04. The Labute approximate surface area is 296 Å². The quantitative estimate of drug-likeness (QED) is 0.170. The van der Waals surface area contributed by atoms with Gasteiger partial charge in [-0.25, -0.2) is 0 Å². The van der Waals surface area contributed by atoms with Crippen molar-refractivity contribution in [2.45, 2.75) is 0 Å². The maximum atomic E-state index is 2.38. The molecule has 0 N–H and O–H groups in total. The van der Waals surface area contributed by atoms with Gasteiger partial charge in [-0.2, -0.15) is 0 Å². The number of benzene rings is 7. The summed E-state index contributed by atoms with van der Waals surface area (Å²) in [4.78, 5) is 0. The first-order chi connectivity index (χ1) is 25.3. The highest BCUT2D eigenvalue weighted by atomic mass is 15.0. The van der Waals surface area contributed by atoms with Crippen LogP contribution in [0.4, 0.5) is 0 Å². The van der Waals surface area contributed by atoms with E-state index in [0.717, 1.165) is 17.1 Å². The van der Waals surface area contributed by atoms with Crippen LogP contribution in [0.3, 0.4) is 0 Å². The van der Waals surface area contributed by atoms with E-state index in [2.05, 4.69) is 214 Å². The molecule has 10 rings (SSSR count). The lowest BCUT2D eigenvalue weighted by Gasteiger charge is -2.10. The molecule has 10 aromatic rings. The van der Waals surface area contributed by atoms with Gasteiger partial charge >= 0.3 is 0 Å². The van der Waals surface area contributed by atoms with Crippen molar-refractivity contribution in [2.24, 2.45) is 0 Å². The van der Waals surface area contributed by atoms with E-state index in [4.69, 9.17) is 0 Å². The molecule has 0 saturated carbocycles. The monoisotopic (exact) mass is 651 g/mol. The molecule has 0 aliphatic rings. The molecule has 0 aliphatic heterocycles. The third kappa shape index (κ3) is 4.90. The average Bonchev–Trinajstić information content (AvgIpc) is 3.91. The number of aromatic nitrogens is 3. The second-order valence-electron chi connectivity index (χ2n) is 13.1. The summed E-state index contributed by atoms with van der Waals surface area (Å²) in [6, 6.07) is 65.3. The van der Waals surface area contributed by atoms with E-state index in [-0.39, 0.29) is 0 Å². The van der Waals surface area contributed by atoms with Crippen molar-refractivity contribution in [1.82, 2.24) is 13.7 Å². The minimum absolute atomic E-state index is 1.15. The number of hydrogen-bond donors (Lipinski definition) is 0. The summed E-state index contributed by atoms with van der Waals surface area (Å²) in [6.45, 7) is 0. The molecule has 0 spiro atoms. The van der Waals surface area contributed by atoms with E-state index >= 15 is 0 Å². The van der Waals surface area contributed by atoms with Crippen molar-refractivity contribution in [3.63, 3.8) is 0 Å². The number of fused-ring (bicyclic) bond motifs is 3. The van der Waals surface area contributed by atoms with Crippen LogP contribution in [-0.2, 0) is 0 Å². The minimum atomic E-state index is 1.15. The predicted octanol–water partition coefficient (Wildman–Crippen LogP) is 12.5. The van der Waals surface area contributed by atoms with Crippen molar-refractivity contribution in [3.8, 4) is 50.4 Å². The maximum Gasteiger partial charge on any atom is 0.0534 e. The Morgan fingerprint density at radius 1 is 0.255 bits per heavy atom. The Morgan fingerprint density at radius 2 is 0.510 bits per heavy atom. The highest BCUT2D eigenvalue weighted by Gasteiger charge is 2.19. The lowest BCUT2D eigenvalue weighted by molar-refractivity contribution is 1.13. The van der Waals surface area contributed by atoms with Gasteiger partial charge in [0.2, 0.25) is 0 Å². The van der Waals surface area contributed by atoms with Crippen LogP contribution in [0.5, 0.6) is 0 Å². The fraction of sp³-hybridized carbons (Fsp3) is 0. The average molecular weight is 652 g/mol. The van der Waals surface area contributed by atoms with Crippen molar-refractivity contribution >= 4 is 32.7 Å². The molecule has 3 heterocycles. The van der Waals surface area contributed by atoms with E-state index in [1.165, 1.54) is 66.1 Å². The first-order valence-corrected chi connectivity index (χ1v) is 17.4. The van der Waals surface area contributed by atoms with Gasteiger partial charge < -0.3 is 13.7 Å². The molecule has 0 unspecified atom stereocenters. The predicted molar refractivity (Wildman–Crippen MR) is 213 cm³/mol. The van der Waals surface area contributed by atoms with Crippen LogP contribution < -0.4 is 0 Å².